The SMILES string of the molecule is CN=C(NCc1cccc(COC(C)(C)C)c1)NCC(c1ccco1)N1CCCC1. The summed E-state index contributed by atoms with van der Waals surface area (Å²) in [4.78, 5) is 6.88. The van der Waals surface area contributed by atoms with E-state index in [9.17, 15) is 0 Å². The second-order valence-corrected chi connectivity index (χ2v) is 8.80. The second-order valence-electron chi connectivity index (χ2n) is 8.80. The van der Waals surface area contributed by atoms with Crippen LogP contribution in [0.5, 0.6) is 0 Å². The van der Waals surface area contributed by atoms with Gasteiger partial charge in [0.15, 0.2) is 5.96 Å². The van der Waals surface area contributed by atoms with Crippen molar-refractivity contribution in [2.75, 3.05) is 26.7 Å². The van der Waals surface area contributed by atoms with Crippen molar-refractivity contribution in [2.24, 2.45) is 4.99 Å². The number of furan rings is 1. The van der Waals surface area contributed by atoms with Gasteiger partial charge in [-0.2, -0.15) is 0 Å². The number of benzene rings is 1. The Labute approximate surface area is 180 Å². The zero-order valence-electron chi connectivity index (χ0n) is 18.8. The highest BCUT2D eigenvalue weighted by Gasteiger charge is 2.25. The predicted octanol–water partition coefficient (Wildman–Crippen LogP) is 4.10. The Morgan fingerprint density at radius 3 is 2.57 bits per heavy atom. The van der Waals surface area contributed by atoms with Crippen molar-refractivity contribution in [2.45, 2.75) is 58.4 Å². The first-order chi connectivity index (χ1) is 14.4. The molecule has 0 aliphatic carbocycles. The number of guanidine groups is 1. The van der Waals surface area contributed by atoms with Crippen LogP contribution in [0.1, 0.15) is 56.5 Å². The fourth-order valence-electron chi connectivity index (χ4n) is 3.67. The minimum Gasteiger partial charge on any atom is -0.468 e. The van der Waals surface area contributed by atoms with Gasteiger partial charge in [-0.3, -0.25) is 9.89 Å². The molecule has 1 aromatic heterocycles. The third-order valence-electron chi connectivity index (χ3n) is 5.26. The highest BCUT2D eigenvalue weighted by Crippen LogP contribution is 2.24. The smallest absolute Gasteiger partial charge is 0.191 e. The summed E-state index contributed by atoms with van der Waals surface area (Å²) in [6.07, 6.45) is 4.25. The van der Waals surface area contributed by atoms with Crippen LogP contribution in [0, 0.1) is 0 Å². The van der Waals surface area contributed by atoms with E-state index >= 15 is 0 Å². The van der Waals surface area contributed by atoms with Gasteiger partial charge in [0.1, 0.15) is 5.76 Å². The summed E-state index contributed by atoms with van der Waals surface area (Å²) in [7, 11) is 1.81. The lowest BCUT2D eigenvalue weighted by atomic mass is 10.1. The van der Waals surface area contributed by atoms with E-state index in [4.69, 9.17) is 9.15 Å². The third kappa shape index (κ3) is 6.89. The number of nitrogens with one attached hydrogen (secondary N) is 2. The van der Waals surface area contributed by atoms with Crippen LogP contribution in [0.15, 0.2) is 52.1 Å². The van der Waals surface area contributed by atoms with Crippen molar-refractivity contribution in [3.8, 4) is 0 Å². The molecule has 1 aliphatic heterocycles. The number of rotatable bonds is 8. The first-order valence-corrected chi connectivity index (χ1v) is 10.9. The third-order valence-corrected chi connectivity index (χ3v) is 5.26. The number of ether oxygens (including phenoxy) is 1. The van der Waals surface area contributed by atoms with Crippen LogP contribution in [0.4, 0.5) is 0 Å². The number of likely N-dealkylation sites (tertiary alicyclic amines) is 1. The van der Waals surface area contributed by atoms with E-state index in [2.05, 4.69) is 71.6 Å². The van der Waals surface area contributed by atoms with Crippen molar-refractivity contribution in [3.63, 3.8) is 0 Å². The molecule has 6 nitrogen and oxygen atoms in total. The maximum absolute atomic E-state index is 5.90. The fourth-order valence-corrected chi connectivity index (χ4v) is 3.67. The van der Waals surface area contributed by atoms with E-state index < -0.39 is 0 Å². The van der Waals surface area contributed by atoms with Crippen LogP contribution in [0.2, 0.25) is 0 Å². The van der Waals surface area contributed by atoms with Gasteiger partial charge in [0.25, 0.3) is 0 Å². The fraction of sp³-hybridized carbons (Fsp3) is 0.542. The molecule has 30 heavy (non-hydrogen) atoms. The molecule has 1 aromatic carbocycles. The number of hydrogen-bond acceptors (Lipinski definition) is 4. The molecular weight excluding hydrogens is 376 g/mol. The minimum absolute atomic E-state index is 0.139. The molecule has 1 saturated heterocycles. The van der Waals surface area contributed by atoms with Gasteiger partial charge in [-0.15, -0.1) is 0 Å². The van der Waals surface area contributed by atoms with Crippen LogP contribution in [0.25, 0.3) is 0 Å². The van der Waals surface area contributed by atoms with Crippen LogP contribution in [-0.4, -0.2) is 43.1 Å². The van der Waals surface area contributed by atoms with E-state index in [1.54, 1.807) is 13.3 Å². The van der Waals surface area contributed by atoms with E-state index in [1.165, 1.54) is 24.0 Å². The maximum atomic E-state index is 5.90. The molecule has 1 aliphatic rings. The molecule has 0 spiro atoms. The Hall–Kier alpha value is -2.31. The van der Waals surface area contributed by atoms with E-state index in [1.807, 2.05) is 6.07 Å². The average Bonchev–Trinajstić information content (AvgIpc) is 3.43. The molecule has 2 aromatic rings. The second kappa shape index (κ2) is 10.6. The zero-order valence-corrected chi connectivity index (χ0v) is 18.8. The zero-order chi connectivity index (χ0) is 21.4. The van der Waals surface area contributed by atoms with Gasteiger partial charge >= 0.3 is 0 Å². The van der Waals surface area contributed by atoms with E-state index in [-0.39, 0.29) is 11.6 Å². The summed E-state index contributed by atoms with van der Waals surface area (Å²) in [5.41, 5.74) is 2.24. The summed E-state index contributed by atoms with van der Waals surface area (Å²) < 4.78 is 11.6. The van der Waals surface area contributed by atoms with Crippen LogP contribution in [0.3, 0.4) is 0 Å². The van der Waals surface area contributed by atoms with Gasteiger partial charge in [0.05, 0.1) is 24.5 Å². The quantitative estimate of drug-likeness (QED) is 0.505. The highest BCUT2D eigenvalue weighted by molar-refractivity contribution is 5.79. The first kappa shape index (κ1) is 22.4. The summed E-state index contributed by atoms with van der Waals surface area (Å²) in [6, 6.07) is 12.7. The van der Waals surface area contributed by atoms with Gasteiger partial charge in [-0.1, -0.05) is 24.3 Å². The normalized spacial score (nSPS) is 16.6. The Morgan fingerprint density at radius 2 is 1.90 bits per heavy atom. The largest absolute Gasteiger partial charge is 0.468 e. The van der Waals surface area contributed by atoms with Gasteiger partial charge in [-0.25, -0.2) is 0 Å². The molecule has 0 radical (unpaired) electrons. The molecule has 3 rings (SSSR count). The van der Waals surface area contributed by atoms with Crippen molar-refractivity contribution in [1.29, 1.82) is 0 Å². The molecule has 1 atom stereocenters. The standard InChI is InChI=1S/C24H36N4O2/c1-24(2,3)30-18-20-10-7-9-19(15-20)16-26-23(25-4)27-17-21(22-11-8-14-29-22)28-12-5-6-13-28/h7-11,14-15,21H,5-6,12-13,16-18H2,1-4H3,(H2,25,26,27). The molecule has 2 heterocycles. The van der Waals surface area contributed by atoms with Gasteiger partial charge in [0, 0.05) is 20.1 Å². The van der Waals surface area contributed by atoms with Crippen molar-refractivity contribution >= 4 is 5.96 Å². The Bertz CT molecular complexity index is 790. The van der Waals surface area contributed by atoms with Crippen molar-refractivity contribution in [1.82, 2.24) is 15.5 Å². The van der Waals surface area contributed by atoms with Crippen LogP contribution in [-0.2, 0) is 17.9 Å². The van der Waals surface area contributed by atoms with Crippen LogP contribution < -0.4 is 10.6 Å². The summed E-state index contributed by atoms with van der Waals surface area (Å²) in [6.45, 7) is 10.5. The molecule has 2 N–H and O–H groups in total. The van der Waals surface area contributed by atoms with Crippen LogP contribution >= 0.6 is 0 Å². The summed E-state index contributed by atoms with van der Waals surface area (Å²) >= 11 is 0. The Kier molecular flexibility index (Phi) is 7.94. The Morgan fingerprint density at radius 1 is 1.13 bits per heavy atom. The molecule has 0 amide bonds. The molecule has 0 saturated carbocycles. The summed E-state index contributed by atoms with van der Waals surface area (Å²) in [5, 5.41) is 6.90. The Balaban J connectivity index is 1.53. The number of nitrogens with zero attached hydrogens (tertiary/aromatic N) is 2. The topological polar surface area (TPSA) is 62.0 Å². The highest BCUT2D eigenvalue weighted by atomic mass is 16.5. The molecule has 6 heteroatoms. The van der Waals surface area contributed by atoms with Gasteiger partial charge < -0.3 is 19.8 Å². The average molecular weight is 413 g/mol. The maximum Gasteiger partial charge on any atom is 0.191 e. The summed E-state index contributed by atoms with van der Waals surface area (Å²) in [5.74, 6) is 1.80. The van der Waals surface area contributed by atoms with E-state index in [0.29, 0.717) is 13.2 Å². The first-order valence-electron chi connectivity index (χ1n) is 10.9. The van der Waals surface area contributed by atoms with Crippen molar-refractivity contribution in [3.05, 3.63) is 59.5 Å². The molecule has 1 unspecified atom stereocenters. The lowest BCUT2D eigenvalue weighted by Crippen LogP contribution is -2.42. The molecule has 164 valence electrons. The molecule has 0 bridgehead atoms. The van der Waals surface area contributed by atoms with E-state index in [0.717, 1.165) is 31.4 Å². The van der Waals surface area contributed by atoms with Gasteiger partial charge in [-0.05, 0) is 70.0 Å². The number of aliphatic imine (C=N–C) groups is 1. The lowest BCUT2D eigenvalue weighted by molar-refractivity contribution is -0.0149. The monoisotopic (exact) mass is 412 g/mol. The van der Waals surface area contributed by atoms with Crippen molar-refractivity contribution < 1.29 is 9.15 Å². The molecular formula is C24H36N4O2. The molecule has 1 fully saturated rings. The minimum atomic E-state index is -0.139. The number of hydrogen-bond donors (Lipinski definition) is 2. The predicted molar refractivity (Wildman–Crippen MR) is 121 cm³/mol. The lowest BCUT2D eigenvalue weighted by Gasteiger charge is -2.26. The van der Waals surface area contributed by atoms with Gasteiger partial charge in [0.2, 0.25) is 0 Å².